The summed E-state index contributed by atoms with van der Waals surface area (Å²) in [5.41, 5.74) is 7.54. The summed E-state index contributed by atoms with van der Waals surface area (Å²) < 4.78 is 0. The molecule has 1 aromatic carbocycles. The predicted molar refractivity (Wildman–Crippen MR) is 80.5 cm³/mol. The molecule has 3 N–H and O–H groups in total. The molecule has 2 atom stereocenters. The van der Waals surface area contributed by atoms with E-state index in [9.17, 15) is 0 Å². The number of anilines is 2. The third kappa shape index (κ3) is 3.46. The zero-order valence-corrected chi connectivity index (χ0v) is 12.2. The van der Waals surface area contributed by atoms with Crippen LogP contribution in [0.3, 0.4) is 0 Å². The molecule has 1 aliphatic carbocycles. The molecule has 0 aliphatic heterocycles. The summed E-state index contributed by atoms with van der Waals surface area (Å²) in [4.78, 5) is 0. The van der Waals surface area contributed by atoms with Crippen LogP contribution in [-0.2, 0) is 0 Å². The topological polar surface area (TPSA) is 38.0 Å². The van der Waals surface area contributed by atoms with E-state index in [0.29, 0.717) is 21.8 Å². The molecular weight excluding hydrogens is 267 g/mol. The van der Waals surface area contributed by atoms with Crippen LogP contribution in [0.4, 0.5) is 11.4 Å². The fourth-order valence-corrected chi connectivity index (χ4v) is 2.87. The first-order chi connectivity index (χ1) is 8.56. The maximum absolute atomic E-state index is 6.03. The second-order valence-corrected chi connectivity index (χ2v) is 6.12. The van der Waals surface area contributed by atoms with Gasteiger partial charge in [-0.05, 0) is 37.3 Å². The van der Waals surface area contributed by atoms with Crippen LogP contribution in [0.25, 0.3) is 0 Å². The third-order valence-electron chi connectivity index (χ3n) is 3.71. The van der Waals surface area contributed by atoms with Gasteiger partial charge in [-0.3, -0.25) is 0 Å². The fourth-order valence-electron chi connectivity index (χ4n) is 2.54. The number of hydrogen-bond donors (Lipinski definition) is 2. The van der Waals surface area contributed by atoms with E-state index in [1.165, 1.54) is 32.1 Å². The van der Waals surface area contributed by atoms with E-state index >= 15 is 0 Å². The molecule has 0 amide bonds. The van der Waals surface area contributed by atoms with Gasteiger partial charge in [-0.15, -0.1) is 0 Å². The molecule has 2 rings (SSSR count). The second kappa shape index (κ2) is 6.03. The van der Waals surface area contributed by atoms with Gasteiger partial charge in [-0.2, -0.15) is 0 Å². The van der Waals surface area contributed by atoms with E-state index in [4.69, 9.17) is 28.9 Å². The molecule has 4 heteroatoms. The maximum atomic E-state index is 6.03. The van der Waals surface area contributed by atoms with E-state index in [2.05, 4.69) is 12.2 Å². The molecule has 18 heavy (non-hydrogen) atoms. The number of halogens is 2. The van der Waals surface area contributed by atoms with Gasteiger partial charge in [-0.25, -0.2) is 0 Å². The Kier molecular flexibility index (Phi) is 4.63. The average Bonchev–Trinajstić information content (AvgIpc) is 2.51. The van der Waals surface area contributed by atoms with Crippen LogP contribution < -0.4 is 11.1 Å². The predicted octanol–water partition coefficient (Wildman–Crippen LogP) is 4.96. The number of rotatable bonds is 2. The van der Waals surface area contributed by atoms with Crippen LogP contribution in [0.5, 0.6) is 0 Å². The first kappa shape index (κ1) is 13.8. The highest BCUT2D eigenvalue weighted by Gasteiger charge is 2.17. The molecule has 0 bridgehead atoms. The summed E-state index contributed by atoms with van der Waals surface area (Å²) in [5, 5.41) is 4.57. The minimum absolute atomic E-state index is 0.495. The Morgan fingerprint density at radius 2 is 1.83 bits per heavy atom. The van der Waals surface area contributed by atoms with Gasteiger partial charge in [0.05, 0.1) is 21.4 Å². The van der Waals surface area contributed by atoms with E-state index in [0.717, 1.165) is 11.6 Å². The Bertz CT molecular complexity index is 421. The normalized spacial score (nSPS) is 24.6. The molecule has 1 fully saturated rings. The van der Waals surface area contributed by atoms with E-state index in [-0.39, 0.29) is 0 Å². The molecule has 100 valence electrons. The molecule has 0 radical (unpaired) electrons. The van der Waals surface area contributed by atoms with Crippen molar-refractivity contribution >= 4 is 34.6 Å². The molecule has 0 spiro atoms. The number of benzene rings is 1. The number of nitrogens with two attached hydrogens (primary N) is 1. The molecule has 0 aromatic heterocycles. The van der Waals surface area contributed by atoms with Gasteiger partial charge < -0.3 is 11.1 Å². The summed E-state index contributed by atoms with van der Waals surface area (Å²) in [6.45, 7) is 2.33. The average molecular weight is 287 g/mol. The zero-order chi connectivity index (χ0) is 13.1. The third-order valence-corrected chi connectivity index (χ3v) is 4.43. The number of nitrogen functional groups attached to an aromatic ring is 1. The van der Waals surface area contributed by atoms with Gasteiger partial charge in [0.2, 0.25) is 0 Å². The number of hydrogen-bond acceptors (Lipinski definition) is 2. The highest BCUT2D eigenvalue weighted by atomic mass is 35.5. The van der Waals surface area contributed by atoms with Crippen LogP contribution >= 0.6 is 23.2 Å². The summed E-state index contributed by atoms with van der Waals surface area (Å²) in [7, 11) is 0. The summed E-state index contributed by atoms with van der Waals surface area (Å²) in [6, 6.07) is 4.04. The van der Waals surface area contributed by atoms with Crippen molar-refractivity contribution in [2.24, 2.45) is 5.92 Å². The molecule has 0 heterocycles. The zero-order valence-electron chi connectivity index (χ0n) is 10.7. The fraction of sp³-hybridized carbons (Fsp3) is 0.571. The number of nitrogens with one attached hydrogen (secondary N) is 1. The van der Waals surface area contributed by atoms with Gasteiger partial charge in [-0.1, -0.05) is 43.0 Å². The molecule has 1 aliphatic rings. The Balaban J connectivity index is 2.06. The Hall–Kier alpha value is -0.600. The molecule has 2 unspecified atom stereocenters. The van der Waals surface area contributed by atoms with Crippen molar-refractivity contribution in [2.45, 2.75) is 45.1 Å². The summed E-state index contributed by atoms with van der Waals surface area (Å²) in [5.74, 6) is 0.836. The van der Waals surface area contributed by atoms with E-state index in [1.807, 2.05) is 6.07 Å². The quantitative estimate of drug-likeness (QED) is 0.596. The smallest absolute Gasteiger partial charge is 0.0614 e. The minimum Gasteiger partial charge on any atom is -0.397 e. The monoisotopic (exact) mass is 286 g/mol. The summed E-state index contributed by atoms with van der Waals surface area (Å²) >= 11 is 12.0. The van der Waals surface area contributed by atoms with Crippen molar-refractivity contribution < 1.29 is 0 Å². The molecule has 1 saturated carbocycles. The standard InChI is InChI=1S/C14H20Cl2N2/c1-9-3-2-4-10(6-5-9)18-14-8-12(16)11(15)7-13(14)17/h7-10,18H,2-6,17H2,1H3. The van der Waals surface area contributed by atoms with E-state index in [1.54, 1.807) is 6.07 Å². The maximum Gasteiger partial charge on any atom is 0.0614 e. The van der Waals surface area contributed by atoms with Gasteiger partial charge in [0.25, 0.3) is 0 Å². The van der Waals surface area contributed by atoms with Crippen molar-refractivity contribution in [1.29, 1.82) is 0 Å². The van der Waals surface area contributed by atoms with Gasteiger partial charge in [0, 0.05) is 6.04 Å². The van der Waals surface area contributed by atoms with Crippen LogP contribution in [0, 0.1) is 5.92 Å². The van der Waals surface area contributed by atoms with Gasteiger partial charge in [0.15, 0.2) is 0 Å². The van der Waals surface area contributed by atoms with Crippen molar-refractivity contribution in [3.05, 3.63) is 22.2 Å². The first-order valence-corrected chi connectivity index (χ1v) is 7.33. The van der Waals surface area contributed by atoms with Crippen LogP contribution in [0.2, 0.25) is 10.0 Å². The Morgan fingerprint density at radius 3 is 2.61 bits per heavy atom. The van der Waals surface area contributed by atoms with Crippen molar-refractivity contribution in [3.8, 4) is 0 Å². The van der Waals surface area contributed by atoms with Crippen molar-refractivity contribution in [3.63, 3.8) is 0 Å². The lowest BCUT2D eigenvalue weighted by atomic mass is 10.0. The molecule has 1 aromatic rings. The van der Waals surface area contributed by atoms with Crippen LogP contribution in [0.15, 0.2) is 12.1 Å². The highest BCUT2D eigenvalue weighted by molar-refractivity contribution is 6.42. The largest absolute Gasteiger partial charge is 0.397 e. The minimum atomic E-state index is 0.495. The van der Waals surface area contributed by atoms with E-state index < -0.39 is 0 Å². The van der Waals surface area contributed by atoms with Gasteiger partial charge >= 0.3 is 0 Å². The highest BCUT2D eigenvalue weighted by Crippen LogP contribution is 2.33. The van der Waals surface area contributed by atoms with Crippen LogP contribution in [0.1, 0.15) is 39.0 Å². The first-order valence-electron chi connectivity index (χ1n) is 6.57. The Morgan fingerprint density at radius 1 is 1.11 bits per heavy atom. The van der Waals surface area contributed by atoms with Crippen LogP contribution in [-0.4, -0.2) is 6.04 Å². The van der Waals surface area contributed by atoms with Gasteiger partial charge in [0.1, 0.15) is 0 Å². The second-order valence-electron chi connectivity index (χ2n) is 5.31. The molecular formula is C14H20Cl2N2. The molecule has 0 saturated heterocycles. The van der Waals surface area contributed by atoms with Crippen molar-refractivity contribution in [2.75, 3.05) is 11.1 Å². The molecule has 2 nitrogen and oxygen atoms in total. The Labute approximate surface area is 119 Å². The summed E-state index contributed by atoms with van der Waals surface area (Å²) in [6.07, 6.45) is 6.28. The lowest BCUT2D eigenvalue weighted by molar-refractivity contribution is 0.502. The lowest BCUT2D eigenvalue weighted by Crippen LogP contribution is -2.19. The van der Waals surface area contributed by atoms with Crippen molar-refractivity contribution in [1.82, 2.24) is 0 Å². The lowest BCUT2D eigenvalue weighted by Gasteiger charge is -2.19. The SMILES string of the molecule is CC1CCCC(Nc2cc(Cl)c(Cl)cc2N)CC1.